The molecular formula is C7H9N7O2S. The quantitative estimate of drug-likeness (QED) is 0.613. The van der Waals surface area contributed by atoms with Crippen LogP contribution in [0, 0.1) is 0 Å². The number of sulfonamides is 1. The van der Waals surface area contributed by atoms with Crippen molar-refractivity contribution in [3.63, 3.8) is 0 Å². The Labute approximate surface area is 96.5 Å². The Kier molecular flexibility index (Phi) is 2.97. The zero-order valence-electron chi connectivity index (χ0n) is 8.53. The lowest BCUT2D eigenvalue weighted by atomic mass is 10.5. The average Bonchev–Trinajstić information content (AvgIpc) is 2.80. The molecule has 2 rings (SSSR count). The number of hydrogen-bond acceptors (Lipinski definition) is 7. The van der Waals surface area contributed by atoms with Crippen LogP contribution in [-0.4, -0.2) is 34.0 Å². The Hall–Kier alpha value is -2.07. The summed E-state index contributed by atoms with van der Waals surface area (Å²) < 4.78 is 25.9. The number of H-pyrrole nitrogens is 1. The zero-order chi connectivity index (χ0) is 12.3. The second-order valence-electron chi connectivity index (χ2n) is 3.04. The molecule has 0 aliphatic rings. The molecule has 0 radical (unpaired) electrons. The van der Waals surface area contributed by atoms with Gasteiger partial charge in [-0.05, 0) is 12.1 Å². The molecule has 4 N–H and O–H groups in total. The number of nitrogens with one attached hydrogen (secondary N) is 2. The fourth-order valence-electron chi connectivity index (χ4n) is 1.12. The summed E-state index contributed by atoms with van der Waals surface area (Å²) >= 11 is 0. The van der Waals surface area contributed by atoms with Crippen molar-refractivity contribution in [1.29, 1.82) is 0 Å². The highest BCUT2D eigenvalue weighted by molar-refractivity contribution is 7.89. The summed E-state index contributed by atoms with van der Waals surface area (Å²) in [6.45, 7) is -0.0762. The van der Waals surface area contributed by atoms with Crippen molar-refractivity contribution in [2.45, 2.75) is 11.4 Å². The SMILES string of the molecule is Nc1ncccc1S(=O)(=O)NCc1nn[nH]n1. The van der Waals surface area contributed by atoms with E-state index in [0.717, 1.165) is 0 Å². The highest BCUT2D eigenvalue weighted by Gasteiger charge is 2.18. The number of pyridine rings is 1. The molecule has 0 bridgehead atoms. The van der Waals surface area contributed by atoms with Gasteiger partial charge in [-0.2, -0.15) is 5.21 Å². The van der Waals surface area contributed by atoms with Crippen LogP contribution in [0.2, 0.25) is 0 Å². The van der Waals surface area contributed by atoms with Gasteiger partial charge in [-0.3, -0.25) is 0 Å². The van der Waals surface area contributed by atoms with Gasteiger partial charge >= 0.3 is 0 Å². The second kappa shape index (κ2) is 4.43. The zero-order valence-corrected chi connectivity index (χ0v) is 9.35. The highest BCUT2D eigenvalue weighted by atomic mass is 32.2. The summed E-state index contributed by atoms with van der Waals surface area (Å²) in [4.78, 5) is 3.62. The van der Waals surface area contributed by atoms with E-state index in [4.69, 9.17) is 5.73 Å². The summed E-state index contributed by atoms with van der Waals surface area (Å²) in [6, 6.07) is 2.85. The topological polar surface area (TPSA) is 140 Å². The molecule has 0 aliphatic carbocycles. The van der Waals surface area contributed by atoms with Gasteiger partial charge < -0.3 is 5.73 Å². The summed E-state index contributed by atoms with van der Waals surface area (Å²) in [5, 5.41) is 12.7. The molecule has 0 saturated heterocycles. The molecule has 0 aliphatic heterocycles. The number of aromatic nitrogens is 5. The molecule has 0 amide bonds. The van der Waals surface area contributed by atoms with Gasteiger partial charge in [-0.1, -0.05) is 5.21 Å². The van der Waals surface area contributed by atoms with Gasteiger partial charge in [0.15, 0.2) is 5.82 Å². The van der Waals surface area contributed by atoms with Gasteiger partial charge in [0.2, 0.25) is 10.0 Å². The van der Waals surface area contributed by atoms with Crippen molar-refractivity contribution in [2.75, 3.05) is 5.73 Å². The van der Waals surface area contributed by atoms with Crippen molar-refractivity contribution < 1.29 is 8.42 Å². The number of aromatic amines is 1. The van der Waals surface area contributed by atoms with Crippen LogP contribution in [0.5, 0.6) is 0 Å². The third kappa shape index (κ3) is 2.54. The van der Waals surface area contributed by atoms with Crippen LogP contribution in [0.25, 0.3) is 0 Å². The van der Waals surface area contributed by atoms with Gasteiger partial charge in [-0.25, -0.2) is 18.1 Å². The molecule has 0 aromatic carbocycles. The van der Waals surface area contributed by atoms with Gasteiger partial charge in [-0.15, -0.1) is 10.2 Å². The first kappa shape index (κ1) is 11.4. The lowest BCUT2D eigenvalue weighted by Crippen LogP contribution is -2.25. The molecular weight excluding hydrogens is 246 g/mol. The fraction of sp³-hybridized carbons (Fsp3) is 0.143. The minimum Gasteiger partial charge on any atom is -0.383 e. The van der Waals surface area contributed by atoms with Crippen LogP contribution in [0.4, 0.5) is 5.82 Å². The Morgan fingerprint density at radius 3 is 2.94 bits per heavy atom. The molecule has 10 heteroatoms. The van der Waals surface area contributed by atoms with Gasteiger partial charge in [0.1, 0.15) is 10.7 Å². The smallest absolute Gasteiger partial charge is 0.244 e. The van der Waals surface area contributed by atoms with Crippen molar-refractivity contribution in [3.8, 4) is 0 Å². The first-order valence-electron chi connectivity index (χ1n) is 4.52. The molecule has 0 atom stereocenters. The number of hydrogen-bond donors (Lipinski definition) is 3. The minimum atomic E-state index is -3.73. The summed E-state index contributed by atoms with van der Waals surface area (Å²) in [5.74, 6) is 0.171. The first-order valence-corrected chi connectivity index (χ1v) is 6.00. The summed E-state index contributed by atoms with van der Waals surface area (Å²) in [5.41, 5.74) is 5.48. The van der Waals surface area contributed by atoms with Crippen LogP contribution in [0.15, 0.2) is 23.2 Å². The molecule has 2 aromatic rings. The third-order valence-corrected chi connectivity index (χ3v) is 3.35. The molecule has 17 heavy (non-hydrogen) atoms. The van der Waals surface area contributed by atoms with Gasteiger partial charge in [0.05, 0.1) is 6.54 Å². The van der Waals surface area contributed by atoms with E-state index in [1.54, 1.807) is 0 Å². The molecule has 0 saturated carbocycles. The molecule has 0 fully saturated rings. The maximum Gasteiger partial charge on any atom is 0.244 e. The number of nitrogens with two attached hydrogens (primary N) is 1. The monoisotopic (exact) mass is 255 g/mol. The van der Waals surface area contributed by atoms with E-state index in [2.05, 4.69) is 30.3 Å². The number of nitrogen functional groups attached to an aromatic ring is 1. The predicted octanol–water partition coefficient (Wildman–Crippen LogP) is -1.34. The third-order valence-electron chi connectivity index (χ3n) is 1.90. The van der Waals surface area contributed by atoms with E-state index in [1.807, 2.05) is 0 Å². The van der Waals surface area contributed by atoms with Crippen LogP contribution in [-0.2, 0) is 16.6 Å². The van der Waals surface area contributed by atoms with Crippen molar-refractivity contribution in [2.24, 2.45) is 0 Å². The van der Waals surface area contributed by atoms with E-state index < -0.39 is 10.0 Å². The van der Waals surface area contributed by atoms with Gasteiger partial charge in [0.25, 0.3) is 0 Å². The average molecular weight is 255 g/mol. The lowest BCUT2D eigenvalue weighted by molar-refractivity contribution is 0.579. The predicted molar refractivity (Wildman–Crippen MR) is 56.9 cm³/mol. The highest BCUT2D eigenvalue weighted by Crippen LogP contribution is 2.14. The maximum atomic E-state index is 11.8. The van der Waals surface area contributed by atoms with Crippen LogP contribution in [0.1, 0.15) is 5.82 Å². The fourth-order valence-corrected chi connectivity index (χ4v) is 2.19. The van der Waals surface area contributed by atoms with Gasteiger partial charge in [0, 0.05) is 6.20 Å². The summed E-state index contributed by atoms with van der Waals surface area (Å²) in [6.07, 6.45) is 1.41. The molecule has 2 heterocycles. The number of anilines is 1. The number of nitrogens with zero attached hydrogens (tertiary/aromatic N) is 4. The normalized spacial score (nSPS) is 11.5. The van der Waals surface area contributed by atoms with Crippen LogP contribution in [0.3, 0.4) is 0 Å². The van der Waals surface area contributed by atoms with Crippen molar-refractivity contribution in [1.82, 2.24) is 30.3 Å². The largest absolute Gasteiger partial charge is 0.383 e. The Morgan fingerprint density at radius 1 is 1.47 bits per heavy atom. The van der Waals surface area contributed by atoms with E-state index in [-0.39, 0.29) is 23.1 Å². The van der Waals surface area contributed by atoms with Crippen molar-refractivity contribution in [3.05, 3.63) is 24.2 Å². The molecule has 90 valence electrons. The standard InChI is InChI=1S/C7H9N7O2S/c8-7-5(2-1-3-9-7)17(15,16)10-4-6-11-13-14-12-6/h1-3,10H,4H2,(H2,8,9)(H,11,12,13,14). The van der Waals surface area contributed by atoms with E-state index in [9.17, 15) is 8.42 Å². The molecule has 2 aromatic heterocycles. The number of rotatable bonds is 4. The molecule has 0 spiro atoms. The Balaban J connectivity index is 2.17. The number of tetrazole rings is 1. The Morgan fingerprint density at radius 2 is 2.29 bits per heavy atom. The second-order valence-corrected chi connectivity index (χ2v) is 4.77. The Bertz CT molecular complexity index is 594. The van der Waals surface area contributed by atoms with E-state index in [0.29, 0.717) is 0 Å². The molecule has 0 unspecified atom stereocenters. The van der Waals surface area contributed by atoms with Crippen LogP contribution < -0.4 is 10.5 Å². The first-order chi connectivity index (χ1) is 8.09. The summed E-state index contributed by atoms with van der Waals surface area (Å²) in [7, 11) is -3.73. The van der Waals surface area contributed by atoms with E-state index in [1.165, 1.54) is 18.3 Å². The van der Waals surface area contributed by atoms with E-state index >= 15 is 0 Å². The maximum absolute atomic E-state index is 11.8. The lowest BCUT2D eigenvalue weighted by Gasteiger charge is -2.06. The van der Waals surface area contributed by atoms with Crippen LogP contribution >= 0.6 is 0 Å². The minimum absolute atomic E-state index is 0.0619. The van der Waals surface area contributed by atoms with Crippen molar-refractivity contribution >= 4 is 15.8 Å². The molecule has 9 nitrogen and oxygen atoms in total.